The van der Waals surface area contributed by atoms with Gasteiger partial charge in [-0.2, -0.15) is 0 Å². The highest BCUT2D eigenvalue weighted by Gasteiger charge is 2.22. The molecule has 2 heterocycles. The minimum atomic E-state index is -0.149. The number of thioether (sulfide) groups is 1. The van der Waals surface area contributed by atoms with E-state index in [1.165, 1.54) is 23.9 Å². The molecule has 1 aliphatic heterocycles. The van der Waals surface area contributed by atoms with Crippen molar-refractivity contribution in [2.75, 3.05) is 24.3 Å². The lowest BCUT2D eigenvalue weighted by molar-refractivity contribution is -0.113. The van der Waals surface area contributed by atoms with E-state index in [0.29, 0.717) is 35.4 Å². The molecule has 31 heavy (non-hydrogen) atoms. The Bertz CT molecular complexity index is 1120. The lowest BCUT2D eigenvalue weighted by Gasteiger charge is -2.20. The minimum Gasteiger partial charge on any atom is -0.486 e. The molecule has 0 radical (unpaired) electrons. The van der Waals surface area contributed by atoms with Gasteiger partial charge in [-0.25, -0.2) is 4.98 Å². The fraction of sp³-hybridized carbons (Fsp3) is 0.304. The number of ether oxygens (including phenoxy) is 2. The number of anilines is 1. The van der Waals surface area contributed by atoms with Crippen LogP contribution in [0, 0.1) is 0 Å². The number of amides is 1. The Morgan fingerprint density at radius 1 is 1.10 bits per heavy atom. The molecule has 1 amide bonds. The van der Waals surface area contributed by atoms with Gasteiger partial charge in [-0.15, -0.1) is 0 Å². The molecule has 3 aromatic rings. The number of rotatable bonds is 5. The summed E-state index contributed by atoms with van der Waals surface area (Å²) in [4.78, 5) is 17.6. The number of halogens is 1. The maximum absolute atomic E-state index is 12.7. The van der Waals surface area contributed by atoms with Gasteiger partial charge in [0.15, 0.2) is 16.7 Å². The maximum atomic E-state index is 12.7. The van der Waals surface area contributed by atoms with E-state index in [0.717, 1.165) is 35.8 Å². The fourth-order valence-corrected chi connectivity index (χ4v) is 4.98. The van der Waals surface area contributed by atoms with Gasteiger partial charge in [0.05, 0.1) is 22.2 Å². The topological polar surface area (TPSA) is 65.4 Å². The van der Waals surface area contributed by atoms with Crippen molar-refractivity contribution in [3.05, 3.63) is 58.9 Å². The second-order valence-electron chi connectivity index (χ2n) is 7.48. The van der Waals surface area contributed by atoms with Crippen LogP contribution in [-0.4, -0.2) is 34.4 Å². The van der Waals surface area contributed by atoms with Gasteiger partial charge in [-0.1, -0.05) is 41.6 Å². The molecule has 0 atom stereocenters. The molecule has 0 fully saturated rings. The lowest BCUT2D eigenvalue weighted by Crippen LogP contribution is -2.17. The van der Waals surface area contributed by atoms with Crippen LogP contribution in [0.2, 0.25) is 5.02 Å². The number of benzene rings is 2. The summed E-state index contributed by atoms with van der Waals surface area (Å²) in [6.07, 6.45) is 4.32. The average molecular weight is 456 g/mol. The Hall–Kier alpha value is -2.64. The first-order chi connectivity index (χ1) is 15.2. The van der Waals surface area contributed by atoms with Crippen LogP contribution < -0.4 is 14.8 Å². The van der Waals surface area contributed by atoms with Gasteiger partial charge in [0.2, 0.25) is 5.91 Å². The zero-order chi connectivity index (χ0) is 21.2. The Morgan fingerprint density at radius 3 is 2.65 bits per heavy atom. The van der Waals surface area contributed by atoms with Crippen molar-refractivity contribution in [1.29, 1.82) is 0 Å². The van der Waals surface area contributed by atoms with E-state index in [9.17, 15) is 4.79 Å². The normalized spacial score (nSPS) is 14.7. The Kier molecular flexibility index (Phi) is 5.78. The highest BCUT2D eigenvalue weighted by Crippen LogP contribution is 2.38. The molecule has 1 aromatic heterocycles. The summed E-state index contributed by atoms with van der Waals surface area (Å²) in [5.74, 6) is 1.27. The number of fused-ring (bicyclic) bond motifs is 2. The largest absolute Gasteiger partial charge is 0.486 e. The van der Waals surface area contributed by atoms with Crippen LogP contribution in [0.15, 0.2) is 47.6 Å². The number of para-hydroxylation sites is 1. The number of nitrogens with one attached hydrogen (secondary N) is 1. The smallest absolute Gasteiger partial charge is 0.234 e. The standard InChI is InChI=1S/C23H22ClN3O3S/c24-16-12-20-21(30-11-10-29-20)13-18(16)25-22(28)14-31-23-26-17-8-4-5-9-19(17)27(23)15-6-2-1-3-7-15/h1-3,6-7,12-13H,4-5,8-11,14H2,(H,25,28). The van der Waals surface area contributed by atoms with E-state index >= 15 is 0 Å². The monoisotopic (exact) mass is 455 g/mol. The third-order valence-electron chi connectivity index (χ3n) is 5.35. The summed E-state index contributed by atoms with van der Waals surface area (Å²) in [6, 6.07) is 13.6. The molecule has 0 bridgehead atoms. The van der Waals surface area contributed by atoms with Gasteiger partial charge in [0.25, 0.3) is 0 Å². The fourth-order valence-electron chi connectivity index (χ4n) is 3.93. The summed E-state index contributed by atoms with van der Waals surface area (Å²) in [6.45, 7) is 0.967. The van der Waals surface area contributed by atoms with Gasteiger partial charge in [-0.05, 0) is 37.8 Å². The molecular formula is C23H22ClN3O3S. The van der Waals surface area contributed by atoms with Gasteiger partial charge in [0.1, 0.15) is 13.2 Å². The zero-order valence-electron chi connectivity index (χ0n) is 16.9. The molecule has 6 nitrogen and oxygen atoms in total. The van der Waals surface area contributed by atoms with Crippen molar-refractivity contribution >= 4 is 35.0 Å². The van der Waals surface area contributed by atoms with Crippen LogP contribution in [0.3, 0.4) is 0 Å². The van der Waals surface area contributed by atoms with Crippen molar-refractivity contribution in [2.24, 2.45) is 0 Å². The molecule has 0 saturated carbocycles. The van der Waals surface area contributed by atoms with Crippen molar-refractivity contribution in [2.45, 2.75) is 30.8 Å². The summed E-state index contributed by atoms with van der Waals surface area (Å²) in [5, 5.41) is 4.16. The van der Waals surface area contributed by atoms with Gasteiger partial charge in [0, 0.05) is 23.5 Å². The molecule has 160 valence electrons. The average Bonchev–Trinajstić information content (AvgIpc) is 3.17. The highest BCUT2D eigenvalue weighted by molar-refractivity contribution is 7.99. The molecule has 0 unspecified atom stereocenters. The van der Waals surface area contributed by atoms with Crippen molar-refractivity contribution in [1.82, 2.24) is 9.55 Å². The van der Waals surface area contributed by atoms with Crippen molar-refractivity contribution in [3.8, 4) is 17.2 Å². The van der Waals surface area contributed by atoms with E-state index in [1.807, 2.05) is 18.2 Å². The molecule has 0 saturated heterocycles. The summed E-state index contributed by atoms with van der Waals surface area (Å²) in [5.41, 5.74) is 4.00. The van der Waals surface area contributed by atoms with E-state index in [2.05, 4.69) is 22.0 Å². The predicted molar refractivity (Wildman–Crippen MR) is 122 cm³/mol. The van der Waals surface area contributed by atoms with Crippen LogP contribution in [0.5, 0.6) is 11.5 Å². The zero-order valence-corrected chi connectivity index (χ0v) is 18.5. The molecule has 0 spiro atoms. The molecule has 1 aliphatic carbocycles. The summed E-state index contributed by atoms with van der Waals surface area (Å²) < 4.78 is 13.3. The first-order valence-electron chi connectivity index (χ1n) is 10.4. The number of carbonyl (C=O) groups excluding carboxylic acids is 1. The lowest BCUT2D eigenvalue weighted by atomic mass is 10.0. The van der Waals surface area contributed by atoms with Crippen LogP contribution in [0.25, 0.3) is 5.69 Å². The first kappa shape index (κ1) is 20.3. The van der Waals surface area contributed by atoms with E-state index in [4.69, 9.17) is 26.1 Å². The number of aryl methyl sites for hydroxylation is 1. The summed E-state index contributed by atoms with van der Waals surface area (Å²) in [7, 11) is 0. The SMILES string of the molecule is O=C(CSc1nc2c(n1-c1ccccc1)CCCC2)Nc1cc2c(cc1Cl)OCCO2. The third kappa shape index (κ3) is 4.25. The second-order valence-corrected chi connectivity index (χ2v) is 8.83. The van der Waals surface area contributed by atoms with Gasteiger partial charge in [-0.3, -0.25) is 9.36 Å². The van der Waals surface area contributed by atoms with E-state index in [-0.39, 0.29) is 11.7 Å². The van der Waals surface area contributed by atoms with Crippen LogP contribution in [0.1, 0.15) is 24.2 Å². The molecular weight excluding hydrogens is 434 g/mol. The molecule has 8 heteroatoms. The molecule has 2 aromatic carbocycles. The summed E-state index contributed by atoms with van der Waals surface area (Å²) >= 11 is 7.76. The third-order valence-corrected chi connectivity index (χ3v) is 6.61. The molecule has 1 N–H and O–H groups in total. The Morgan fingerprint density at radius 2 is 1.84 bits per heavy atom. The van der Waals surface area contributed by atoms with Crippen LogP contribution >= 0.6 is 23.4 Å². The molecule has 5 rings (SSSR count). The number of aromatic nitrogens is 2. The number of hydrogen-bond acceptors (Lipinski definition) is 5. The first-order valence-corrected chi connectivity index (χ1v) is 11.7. The molecule has 2 aliphatic rings. The van der Waals surface area contributed by atoms with Gasteiger partial charge >= 0.3 is 0 Å². The Labute approximate surface area is 189 Å². The maximum Gasteiger partial charge on any atom is 0.234 e. The quantitative estimate of drug-likeness (QED) is 0.554. The number of carbonyl (C=O) groups is 1. The van der Waals surface area contributed by atoms with Gasteiger partial charge < -0.3 is 14.8 Å². The Balaban J connectivity index is 1.33. The predicted octanol–water partition coefficient (Wildman–Crippen LogP) is 4.91. The minimum absolute atomic E-state index is 0.149. The van der Waals surface area contributed by atoms with Crippen LogP contribution in [-0.2, 0) is 17.6 Å². The van der Waals surface area contributed by atoms with Crippen molar-refractivity contribution in [3.63, 3.8) is 0 Å². The number of nitrogens with zero attached hydrogens (tertiary/aromatic N) is 2. The van der Waals surface area contributed by atoms with Crippen molar-refractivity contribution < 1.29 is 14.3 Å². The van der Waals surface area contributed by atoms with E-state index in [1.54, 1.807) is 12.1 Å². The van der Waals surface area contributed by atoms with Crippen LogP contribution in [0.4, 0.5) is 5.69 Å². The highest BCUT2D eigenvalue weighted by atomic mass is 35.5. The second kappa shape index (κ2) is 8.85. The van der Waals surface area contributed by atoms with E-state index < -0.39 is 0 Å². The number of hydrogen-bond donors (Lipinski definition) is 1. The number of imidazole rings is 1.